The summed E-state index contributed by atoms with van der Waals surface area (Å²) in [6.07, 6.45) is 0.855. The molecule has 0 aromatic heterocycles. The van der Waals surface area contributed by atoms with Crippen molar-refractivity contribution < 1.29 is 9.72 Å². The Bertz CT molecular complexity index is 486. The smallest absolute Gasteiger partial charge is 0.269 e. The molecule has 0 bridgehead atoms. The third-order valence-corrected chi connectivity index (χ3v) is 4.19. The first-order chi connectivity index (χ1) is 9.25. The van der Waals surface area contributed by atoms with Crippen LogP contribution >= 0.6 is 11.8 Å². The van der Waals surface area contributed by atoms with Crippen molar-refractivity contribution in [1.82, 2.24) is 5.32 Å². The third kappa shape index (κ3) is 4.85. The summed E-state index contributed by atoms with van der Waals surface area (Å²) >= 11 is 1.39. The monoisotopic (exact) mass is 296 g/mol. The lowest BCUT2D eigenvalue weighted by Gasteiger charge is -2.26. The molecule has 0 saturated carbocycles. The Kier molecular flexibility index (Phi) is 5.56. The summed E-state index contributed by atoms with van der Waals surface area (Å²) in [4.78, 5) is 23.0. The largest absolute Gasteiger partial charge is 0.350 e. The van der Waals surface area contributed by atoms with Crippen LogP contribution in [0.2, 0.25) is 0 Å². The van der Waals surface area contributed by atoms with E-state index in [1.807, 2.05) is 27.7 Å². The second kappa shape index (κ2) is 6.74. The van der Waals surface area contributed by atoms with Crippen molar-refractivity contribution in [2.75, 3.05) is 0 Å². The Balaban J connectivity index is 2.63. The molecule has 1 unspecified atom stereocenters. The van der Waals surface area contributed by atoms with Crippen LogP contribution in [-0.4, -0.2) is 21.6 Å². The van der Waals surface area contributed by atoms with E-state index in [1.165, 1.54) is 23.9 Å². The van der Waals surface area contributed by atoms with Crippen molar-refractivity contribution >= 4 is 23.4 Å². The number of nitro benzene ring substituents is 1. The molecule has 1 aromatic rings. The van der Waals surface area contributed by atoms with E-state index in [4.69, 9.17) is 0 Å². The number of nitrogens with zero attached hydrogens (tertiary/aromatic N) is 1. The molecule has 1 aromatic carbocycles. The lowest BCUT2D eigenvalue weighted by molar-refractivity contribution is -0.384. The van der Waals surface area contributed by atoms with E-state index < -0.39 is 4.92 Å². The van der Waals surface area contributed by atoms with E-state index in [0.29, 0.717) is 0 Å². The number of carbonyl (C=O) groups excluding carboxylic acids is 1. The lowest BCUT2D eigenvalue weighted by atomic mass is 10.0. The fourth-order valence-electron chi connectivity index (χ4n) is 1.43. The first-order valence-electron chi connectivity index (χ1n) is 6.48. The van der Waals surface area contributed by atoms with Crippen LogP contribution in [0.5, 0.6) is 0 Å². The minimum absolute atomic E-state index is 0.0276. The topological polar surface area (TPSA) is 72.2 Å². The van der Waals surface area contributed by atoms with Crippen LogP contribution in [0.3, 0.4) is 0 Å². The molecule has 20 heavy (non-hydrogen) atoms. The van der Waals surface area contributed by atoms with E-state index in [9.17, 15) is 14.9 Å². The number of rotatable bonds is 6. The minimum Gasteiger partial charge on any atom is -0.350 e. The van der Waals surface area contributed by atoms with Gasteiger partial charge in [0.2, 0.25) is 5.91 Å². The zero-order valence-corrected chi connectivity index (χ0v) is 13.0. The van der Waals surface area contributed by atoms with E-state index in [0.717, 1.165) is 11.3 Å². The summed E-state index contributed by atoms with van der Waals surface area (Å²) in [5.74, 6) is -0.0276. The van der Waals surface area contributed by atoms with Crippen molar-refractivity contribution in [2.24, 2.45) is 0 Å². The molecule has 6 heteroatoms. The Morgan fingerprint density at radius 3 is 2.40 bits per heavy atom. The molecule has 110 valence electrons. The van der Waals surface area contributed by atoms with Gasteiger partial charge in [0.1, 0.15) is 0 Å². The van der Waals surface area contributed by atoms with E-state index in [2.05, 4.69) is 5.32 Å². The van der Waals surface area contributed by atoms with Gasteiger partial charge in [0, 0.05) is 22.6 Å². The Hall–Kier alpha value is -1.56. The highest BCUT2D eigenvalue weighted by atomic mass is 32.2. The molecule has 1 rings (SSSR count). The van der Waals surface area contributed by atoms with Crippen LogP contribution in [0, 0.1) is 10.1 Å². The van der Waals surface area contributed by atoms with E-state index >= 15 is 0 Å². The maximum Gasteiger partial charge on any atom is 0.269 e. The summed E-state index contributed by atoms with van der Waals surface area (Å²) in [7, 11) is 0. The second-order valence-electron chi connectivity index (χ2n) is 5.24. The molecule has 1 atom stereocenters. The standard InChI is InChI=1S/C14H20N2O3S/c1-5-14(3,4)15-13(17)10(2)20-12-8-6-11(7-9-12)16(18)19/h6-10H,5H2,1-4H3,(H,15,17). The molecule has 5 nitrogen and oxygen atoms in total. The maximum atomic E-state index is 12.1. The van der Waals surface area contributed by atoms with E-state index in [1.54, 1.807) is 12.1 Å². The number of carbonyl (C=O) groups is 1. The molecule has 0 heterocycles. The molecular formula is C14H20N2O3S. The summed E-state index contributed by atoms with van der Waals surface area (Å²) in [5, 5.41) is 13.3. The average molecular weight is 296 g/mol. The first kappa shape index (κ1) is 16.5. The van der Waals surface area contributed by atoms with Gasteiger partial charge in [0.25, 0.3) is 5.69 Å². The number of nitro groups is 1. The predicted octanol–water partition coefficient (Wildman–Crippen LogP) is 3.38. The van der Waals surface area contributed by atoms with Crippen molar-refractivity contribution in [3.63, 3.8) is 0 Å². The maximum absolute atomic E-state index is 12.1. The number of non-ortho nitro benzene ring substituents is 1. The Morgan fingerprint density at radius 1 is 1.40 bits per heavy atom. The molecule has 0 aliphatic rings. The van der Waals surface area contributed by atoms with Crippen LogP contribution in [0.4, 0.5) is 5.69 Å². The molecule has 0 aliphatic carbocycles. The number of amides is 1. The minimum atomic E-state index is -0.436. The Labute approximate surface area is 123 Å². The molecule has 0 radical (unpaired) electrons. The molecule has 0 fully saturated rings. The first-order valence-corrected chi connectivity index (χ1v) is 7.36. The van der Waals surface area contributed by atoms with Crippen molar-refractivity contribution in [2.45, 2.75) is 49.8 Å². The number of thioether (sulfide) groups is 1. The summed E-state index contributed by atoms with van der Waals surface area (Å²) in [5.41, 5.74) is -0.167. The van der Waals surface area contributed by atoms with Gasteiger partial charge in [-0.3, -0.25) is 14.9 Å². The summed E-state index contributed by atoms with van der Waals surface area (Å²) < 4.78 is 0. The fourth-order valence-corrected chi connectivity index (χ4v) is 2.30. The lowest BCUT2D eigenvalue weighted by Crippen LogP contribution is -2.46. The van der Waals surface area contributed by atoms with Gasteiger partial charge >= 0.3 is 0 Å². The second-order valence-corrected chi connectivity index (χ2v) is 6.65. The zero-order valence-electron chi connectivity index (χ0n) is 12.2. The summed E-state index contributed by atoms with van der Waals surface area (Å²) in [6, 6.07) is 6.22. The van der Waals surface area contributed by atoms with Gasteiger partial charge in [-0.1, -0.05) is 6.92 Å². The van der Waals surface area contributed by atoms with Crippen LogP contribution in [-0.2, 0) is 4.79 Å². The van der Waals surface area contributed by atoms with Crippen molar-refractivity contribution in [3.8, 4) is 0 Å². The van der Waals surface area contributed by atoms with Crippen LogP contribution < -0.4 is 5.32 Å². The number of hydrogen-bond donors (Lipinski definition) is 1. The van der Waals surface area contributed by atoms with Gasteiger partial charge in [-0.2, -0.15) is 0 Å². The third-order valence-electron chi connectivity index (χ3n) is 3.08. The quantitative estimate of drug-likeness (QED) is 0.496. The normalized spacial score (nSPS) is 12.8. The van der Waals surface area contributed by atoms with Crippen LogP contribution in [0.25, 0.3) is 0 Å². The molecule has 0 spiro atoms. The zero-order chi connectivity index (χ0) is 15.3. The predicted molar refractivity (Wildman–Crippen MR) is 80.9 cm³/mol. The number of hydrogen-bond acceptors (Lipinski definition) is 4. The highest BCUT2D eigenvalue weighted by molar-refractivity contribution is 8.00. The molecule has 1 amide bonds. The summed E-state index contributed by atoms with van der Waals surface area (Å²) in [6.45, 7) is 7.81. The molecule has 1 N–H and O–H groups in total. The fraction of sp³-hybridized carbons (Fsp3) is 0.500. The van der Waals surface area contributed by atoms with Gasteiger partial charge in [-0.15, -0.1) is 11.8 Å². The molecular weight excluding hydrogens is 276 g/mol. The molecule has 0 aliphatic heterocycles. The van der Waals surface area contributed by atoms with Crippen molar-refractivity contribution in [3.05, 3.63) is 34.4 Å². The molecule has 0 saturated heterocycles. The van der Waals surface area contributed by atoms with Gasteiger partial charge in [0.15, 0.2) is 0 Å². The Morgan fingerprint density at radius 2 is 1.95 bits per heavy atom. The highest BCUT2D eigenvalue weighted by Gasteiger charge is 2.22. The van der Waals surface area contributed by atoms with Gasteiger partial charge < -0.3 is 5.32 Å². The van der Waals surface area contributed by atoms with Crippen LogP contribution in [0.1, 0.15) is 34.1 Å². The van der Waals surface area contributed by atoms with Gasteiger partial charge in [-0.25, -0.2) is 0 Å². The van der Waals surface area contributed by atoms with Gasteiger partial charge in [-0.05, 0) is 39.3 Å². The highest BCUT2D eigenvalue weighted by Crippen LogP contribution is 2.26. The van der Waals surface area contributed by atoms with Crippen LogP contribution in [0.15, 0.2) is 29.2 Å². The number of benzene rings is 1. The van der Waals surface area contributed by atoms with Gasteiger partial charge in [0.05, 0.1) is 10.2 Å². The van der Waals surface area contributed by atoms with Crippen molar-refractivity contribution in [1.29, 1.82) is 0 Å². The van der Waals surface area contributed by atoms with E-state index in [-0.39, 0.29) is 22.4 Å². The average Bonchev–Trinajstić information content (AvgIpc) is 2.38. The SMILES string of the molecule is CCC(C)(C)NC(=O)C(C)Sc1ccc([N+](=O)[O-])cc1. The number of nitrogens with one attached hydrogen (secondary N) is 1.